The summed E-state index contributed by atoms with van der Waals surface area (Å²) in [6.45, 7) is 0.569. The van der Waals surface area contributed by atoms with Crippen molar-refractivity contribution in [2.24, 2.45) is 7.05 Å². The lowest BCUT2D eigenvalue weighted by molar-refractivity contribution is 0.0763. The average molecular weight is 369 g/mol. The second-order valence-electron chi connectivity index (χ2n) is 5.68. The van der Waals surface area contributed by atoms with Crippen molar-refractivity contribution < 1.29 is 17.9 Å². The molecule has 1 aliphatic rings. The first-order chi connectivity index (χ1) is 11.4. The minimum absolute atomic E-state index is 0.0378. The molecule has 1 fully saturated rings. The molecule has 1 unspecified atom stereocenters. The van der Waals surface area contributed by atoms with E-state index in [-0.39, 0.29) is 24.1 Å². The van der Waals surface area contributed by atoms with Crippen molar-refractivity contribution in [3.63, 3.8) is 0 Å². The van der Waals surface area contributed by atoms with Gasteiger partial charge in [-0.05, 0) is 17.9 Å². The van der Waals surface area contributed by atoms with E-state index in [4.69, 9.17) is 4.74 Å². The van der Waals surface area contributed by atoms with Crippen molar-refractivity contribution in [1.82, 2.24) is 14.7 Å². The first kappa shape index (κ1) is 17.0. The van der Waals surface area contributed by atoms with Crippen molar-refractivity contribution >= 4 is 27.1 Å². The molecule has 2 aromatic heterocycles. The highest BCUT2D eigenvalue weighted by atomic mass is 32.2. The molecule has 2 aromatic rings. The summed E-state index contributed by atoms with van der Waals surface area (Å²) >= 11 is 1.44. The highest BCUT2D eigenvalue weighted by Gasteiger charge is 2.34. The molecular formula is C15H19N3O4S2. The van der Waals surface area contributed by atoms with Crippen LogP contribution in [-0.2, 0) is 16.9 Å². The lowest BCUT2D eigenvalue weighted by Crippen LogP contribution is -2.33. The number of hydrogen-bond acceptors (Lipinski definition) is 6. The fraction of sp³-hybridized carbons (Fsp3) is 0.467. The van der Waals surface area contributed by atoms with Crippen LogP contribution in [0.3, 0.4) is 0 Å². The molecule has 7 nitrogen and oxygen atoms in total. The van der Waals surface area contributed by atoms with Crippen LogP contribution in [0.1, 0.15) is 26.9 Å². The third-order valence-corrected chi connectivity index (χ3v) is 7.35. The number of rotatable bonds is 3. The third-order valence-electron chi connectivity index (χ3n) is 4.11. The van der Waals surface area contributed by atoms with Crippen LogP contribution in [0.2, 0.25) is 0 Å². The van der Waals surface area contributed by atoms with Gasteiger partial charge in [0.1, 0.15) is 5.56 Å². The lowest BCUT2D eigenvalue weighted by atomic mass is 10.2. The maximum Gasteiger partial charge on any atom is 0.261 e. The van der Waals surface area contributed by atoms with E-state index in [1.54, 1.807) is 18.1 Å². The van der Waals surface area contributed by atoms with E-state index in [0.717, 1.165) is 4.88 Å². The maximum atomic E-state index is 12.8. The number of carbonyl (C=O) groups excluding carboxylic acids is 1. The van der Waals surface area contributed by atoms with E-state index >= 15 is 0 Å². The molecular weight excluding hydrogens is 350 g/mol. The number of amides is 1. The Bertz CT molecular complexity index is 827. The summed E-state index contributed by atoms with van der Waals surface area (Å²) in [5.41, 5.74) is 0.354. The van der Waals surface area contributed by atoms with Crippen LogP contribution < -0.4 is 4.74 Å². The van der Waals surface area contributed by atoms with Gasteiger partial charge in [-0.15, -0.1) is 16.4 Å². The molecule has 9 heteroatoms. The van der Waals surface area contributed by atoms with Crippen LogP contribution in [0.4, 0.5) is 0 Å². The van der Waals surface area contributed by atoms with E-state index in [9.17, 15) is 13.2 Å². The van der Waals surface area contributed by atoms with E-state index < -0.39 is 15.1 Å². The molecule has 1 atom stereocenters. The van der Waals surface area contributed by atoms with Gasteiger partial charge in [0.05, 0.1) is 18.1 Å². The lowest BCUT2D eigenvalue weighted by Gasteiger charge is -2.19. The topological polar surface area (TPSA) is 81.5 Å². The Morgan fingerprint density at radius 1 is 1.42 bits per heavy atom. The number of hydrogen-bond donors (Lipinski definition) is 0. The monoisotopic (exact) mass is 369 g/mol. The molecule has 24 heavy (non-hydrogen) atoms. The molecule has 1 saturated heterocycles. The van der Waals surface area contributed by atoms with Gasteiger partial charge in [0.25, 0.3) is 5.91 Å². The number of carbonyl (C=O) groups is 1. The number of nitrogens with zero attached hydrogens (tertiary/aromatic N) is 3. The largest absolute Gasteiger partial charge is 0.479 e. The molecule has 3 heterocycles. The van der Waals surface area contributed by atoms with E-state index in [1.807, 2.05) is 17.5 Å². The van der Waals surface area contributed by atoms with Gasteiger partial charge in [-0.2, -0.15) is 0 Å². The summed E-state index contributed by atoms with van der Waals surface area (Å²) in [5.74, 6) is -0.0319. The quantitative estimate of drug-likeness (QED) is 0.819. The van der Waals surface area contributed by atoms with E-state index in [1.165, 1.54) is 23.1 Å². The molecule has 0 N–H and O–H groups in total. The molecule has 1 aliphatic heterocycles. The van der Waals surface area contributed by atoms with Crippen LogP contribution in [0.25, 0.3) is 0 Å². The highest BCUT2D eigenvalue weighted by molar-refractivity contribution is 7.91. The summed E-state index contributed by atoms with van der Waals surface area (Å²) in [6, 6.07) is 3.69. The zero-order valence-electron chi connectivity index (χ0n) is 13.5. The molecule has 1 amide bonds. The van der Waals surface area contributed by atoms with Gasteiger partial charge >= 0.3 is 0 Å². The Hall–Kier alpha value is -1.87. The number of aryl methyl sites for hydroxylation is 1. The molecule has 0 spiro atoms. The molecule has 0 aliphatic carbocycles. The predicted molar refractivity (Wildman–Crippen MR) is 91.1 cm³/mol. The smallest absolute Gasteiger partial charge is 0.261 e. The Balaban J connectivity index is 1.83. The van der Waals surface area contributed by atoms with Gasteiger partial charge in [0.15, 0.2) is 9.84 Å². The zero-order valence-corrected chi connectivity index (χ0v) is 15.1. The van der Waals surface area contributed by atoms with Crippen LogP contribution >= 0.6 is 11.3 Å². The van der Waals surface area contributed by atoms with Crippen LogP contribution in [0.15, 0.2) is 23.7 Å². The first-order valence-corrected chi connectivity index (χ1v) is 10.1. The van der Waals surface area contributed by atoms with E-state index in [2.05, 4.69) is 5.10 Å². The van der Waals surface area contributed by atoms with Crippen LogP contribution in [0, 0.1) is 0 Å². The average Bonchev–Trinajstić information content (AvgIpc) is 3.15. The number of methoxy groups -OCH3 is 1. The maximum absolute atomic E-state index is 12.8. The second-order valence-corrected chi connectivity index (χ2v) is 8.96. The van der Waals surface area contributed by atoms with Crippen molar-refractivity contribution in [3.8, 4) is 5.88 Å². The Morgan fingerprint density at radius 3 is 2.88 bits per heavy atom. The number of thiophene rings is 1. The minimum Gasteiger partial charge on any atom is -0.479 e. The number of aromatic nitrogens is 2. The van der Waals surface area contributed by atoms with Crippen LogP contribution in [-0.4, -0.2) is 55.0 Å². The Kier molecular flexibility index (Phi) is 4.64. The van der Waals surface area contributed by atoms with Crippen molar-refractivity contribution in [1.29, 1.82) is 0 Å². The summed E-state index contributed by atoms with van der Waals surface area (Å²) in [6.07, 6.45) is 1.99. The standard InChI is InChI=1S/C15H19N3O4S2/c1-17-10-11(14(16-17)22-2)15(19)18-6-5-13(12-4-3-8-23-12)24(20,21)9-7-18/h3-4,8,10,13H,5-7,9H2,1-2H3. The van der Waals surface area contributed by atoms with Crippen LogP contribution in [0.5, 0.6) is 5.88 Å². The van der Waals surface area contributed by atoms with E-state index in [0.29, 0.717) is 18.5 Å². The molecule has 0 radical (unpaired) electrons. The zero-order chi connectivity index (χ0) is 17.3. The number of ether oxygens (including phenoxy) is 1. The Labute approximate surface area is 144 Å². The van der Waals surface area contributed by atoms with Crippen molar-refractivity contribution in [3.05, 3.63) is 34.2 Å². The third kappa shape index (κ3) is 3.18. The fourth-order valence-corrected chi connectivity index (χ4v) is 5.88. The van der Waals surface area contributed by atoms with Gasteiger partial charge in [-0.25, -0.2) is 8.42 Å². The van der Waals surface area contributed by atoms with Crippen molar-refractivity contribution in [2.75, 3.05) is 26.0 Å². The SMILES string of the molecule is COc1nn(C)cc1C(=O)N1CCC(c2cccs2)S(=O)(=O)CC1. The first-order valence-electron chi connectivity index (χ1n) is 7.54. The van der Waals surface area contributed by atoms with Gasteiger partial charge < -0.3 is 9.64 Å². The highest BCUT2D eigenvalue weighted by Crippen LogP contribution is 2.33. The van der Waals surface area contributed by atoms with Gasteiger partial charge in [-0.1, -0.05) is 6.07 Å². The predicted octanol–water partition coefficient (Wildman–Crippen LogP) is 1.49. The number of sulfone groups is 1. The molecule has 130 valence electrons. The summed E-state index contributed by atoms with van der Waals surface area (Å²) in [4.78, 5) is 15.2. The second kappa shape index (κ2) is 6.56. The molecule has 3 rings (SSSR count). The normalized spacial score (nSPS) is 20.6. The molecule has 0 saturated carbocycles. The summed E-state index contributed by atoms with van der Waals surface area (Å²) in [7, 11) is -0.113. The van der Waals surface area contributed by atoms with Gasteiger partial charge in [0.2, 0.25) is 5.88 Å². The van der Waals surface area contributed by atoms with Crippen molar-refractivity contribution in [2.45, 2.75) is 11.7 Å². The fourth-order valence-electron chi connectivity index (χ4n) is 2.88. The summed E-state index contributed by atoms with van der Waals surface area (Å²) in [5, 5.41) is 5.42. The van der Waals surface area contributed by atoms with Gasteiger partial charge in [0, 0.05) is 31.2 Å². The minimum atomic E-state index is -3.28. The molecule has 0 aromatic carbocycles. The van der Waals surface area contributed by atoms with Gasteiger partial charge in [-0.3, -0.25) is 9.48 Å². The Morgan fingerprint density at radius 2 is 2.21 bits per heavy atom. The summed E-state index contributed by atoms with van der Waals surface area (Å²) < 4.78 is 31.8. The molecule has 0 bridgehead atoms.